The molecule has 0 aliphatic heterocycles. The van der Waals surface area contributed by atoms with Crippen molar-refractivity contribution >= 4 is 10.9 Å². The third-order valence-electron chi connectivity index (χ3n) is 2.11. The van der Waals surface area contributed by atoms with Crippen LogP contribution in [0, 0.1) is 0 Å². The van der Waals surface area contributed by atoms with Crippen LogP contribution < -0.4 is 0 Å². The van der Waals surface area contributed by atoms with E-state index in [4.69, 9.17) is 0 Å². The average Bonchev–Trinajstić information content (AvgIpc) is 2.19. The van der Waals surface area contributed by atoms with Crippen LogP contribution in [0.2, 0.25) is 0 Å². The maximum Gasteiger partial charge on any atom is 0.116 e. The molecule has 0 amide bonds. The Morgan fingerprint density at radius 2 is 2.00 bits per heavy atom. The Morgan fingerprint density at radius 3 is 2.85 bits per heavy atom. The number of hydrogen-bond donors (Lipinski definition) is 0. The molecule has 0 N–H and O–H groups in total. The zero-order valence-electron chi connectivity index (χ0n) is 7.70. The summed E-state index contributed by atoms with van der Waals surface area (Å²) in [5.41, 5.74) is 2.20. The molecule has 0 atom stereocenters. The Hall–Kier alpha value is -1.44. The van der Waals surface area contributed by atoms with Crippen molar-refractivity contribution < 1.29 is 0 Å². The van der Waals surface area contributed by atoms with Crippen molar-refractivity contribution in [2.75, 3.05) is 0 Å². The summed E-state index contributed by atoms with van der Waals surface area (Å²) in [5, 5.41) is 1.19. The van der Waals surface area contributed by atoms with Crippen molar-refractivity contribution in [2.24, 2.45) is 0 Å². The van der Waals surface area contributed by atoms with Gasteiger partial charge >= 0.3 is 0 Å². The summed E-state index contributed by atoms with van der Waals surface area (Å²) in [5.74, 6) is 0. The molecule has 0 saturated carbocycles. The van der Waals surface area contributed by atoms with Gasteiger partial charge in [-0.1, -0.05) is 31.5 Å². The van der Waals surface area contributed by atoms with Crippen LogP contribution >= 0.6 is 0 Å². The Kier molecular flexibility index (Phi) is 2.21. The summed E-state index contributed by atoms with van der Waals surface area (Å²) in [6, 6.07) is 8.15. The molecule has 0 bridgehead atoms. The lowest BCUT2D eigenvalue weighted by Gasteiger charge is -2.01. The van der Waals surface area contributed by atoms with Crippen molar-refractivity contribution in [1.82, 2.24) is 9.97 Å². The summed E-state index contributed by atoms with van der Waals surface area (Å²) in [7, 11) is 0. The van der Waals surface area contributed by atoms with E-state index < -0.39 is 0 Å². The minimum absolute atomic E-state index is 1.03. The molecule has 1 aromatic carbocycles. The molecular weight excluding hydrogens is 160 g/mol. The Labute approximate surface area is 77.6 Å². The van der Waals surface area contributed by atoms with Crippen molar-refractivity contribution in [2.45, 2.75) is 19.8 Å². The molecule has 1 aromatic heterocycles. The highest BCUT2D eigenvalue weighted by Crippen LogP contribution is 2.14. The second-order valence-electron chi connectivity index (χ2n) is 3.09. The van der Waals surface area contributed by atoms with Crippen molar-refractivity contribution in [3.63, 3.8) is 0 Å². The predicted octanol–water partition coefficient (Wildman–Crippen LogP) is 2.58. The zero-order valence-corrected chi connectivity index (χ0v) is 7.70. The number of para-hydroxylation sites is 1. The third-order valence-corrected chi connectivity index (χ3v) is 2.11. The molecule has 2 nitrogen and oxygen atoms in total. The standard InChI is InChI=1S/C11H12N2/c1-2-5-10-9-6-3-4-7-11(9)13-8-12-10/h3-4,6-8H,2,5H2,1H3. The maximum absolute atomic E-state index is 4.29. The molecule has 2 aromatic rings. The van der Waals surface area contributed by atoms with E-state index in [9.17, 15) is 0 Å². The number of hydrogen-bond acceptors (Lipinski definition) is 2. The van der Waals surface area contributed by atoms with E-state index in [2.05, 4.69) is 23.0 Å². The lowest BCUT2D eigenvalue weighted by atomic mass is 10.1. The van der Waals surface area contributed by atoms with Crippen LogP contribution in [0.15, 0.2) is 30.6 Å². The third kappa shape index (κ3) is 1.52. The summed E-state index contributed by atoms with van der Waals surface area (Å²) in [6.07, 6.45) is 3.80. The summed E-state index contributed by atoms with van der Waals surface area (Å²) in [6.45, 7) is 2.16. The largest absolute Gasteiger partial charge is 0.241 e. The lowest BCUT2D eigenvalue weighted by Crippen LogP contribution is -1.92. The molecule has 0 aliphatic carbocycles. The molecule has 0 radical (unpaired) electrons. The van der Waals surface area contributed by atoms with E-state index in [1.165, 1.54) is 5.39 Å². The minimum atomic E-state index is 1.03. The van der Waals surface area contributed by atoms with E-state index in [-0.39, 0.29) is 0 Å². The fourth-order valence-corrected chi connectivity index (χ4v) is 1.50. The van der Waals surface area contributed by atoms with Gasteiger partial charge in [-0.2, -0.15) is 0 Å². The first-order chi connectivity index (χ1) is 6.42. The second kappa shape index (κ2) is 3.52. The normalized spacial score (nSPS) is 10.5. The summed E-state index contributed by atoms with van der Waals surface area (Å²) >= 11 is 0. The molecule has 2 heteroatoms. The number of fused-ring (bicyclic) bond motifs is 1. The van der Waals surface area contributed by atoms with Gasteiger partial charge in [0.05, 0.1) is 11.2 Å². The van der Waals surface area contributed by atoms with Gasteiger partial charge in [0, 0.05) is 5.39 Å². The van der Waals surface area contributed by atoms with Gasteiger partial charge in [-0.05, 0) is 12.5 Å². The second-order valence-corrected chi connectivity index (χ2v) is 3.09. The zero-order chi connectivity index (χ0) is 9.10. The van der Waals surface area contributed by atoms with Gasteiger partial charge in [-0.25, -0.2) is 9.97 Å². The number of benzene rings is 1. The Balaban J connectivity index is 2.61. The predicted molar refractivity (Wildman–Crippen MR) is 53.5 cm³/mol. The SMILES string of the molecule is CCCc1ncnc2ccccc12. The monoisotopic (exact) mass is 172 g/mol. The van der Waals surface area contributed by atoms with E-state index in [1.807, 2.05) is 18.2 Å². The van der Waals surface area contributed by atoms with Crippen molar-refractivity contribution in [1.29, 1.82) is 0 Å². The lowest BCUT2D eigenvalue weighted by molar-refractivity contribution is 0.886. The van der Waals surface area contributed by atoms with Crippen molar-refractivity contribution in [3.05, 3.63) is 36.3 Å². The molecule has 0 saturated heterocycles. The van der Waals surface area contributed by atoms with Gasteiger partial charge in [0.25, 0.3) is 0 Å². The first-order valence-electron chi connectivity index (χ1n) is 4.60. The van der Waals surface area contributed by atoms with E-state index >= 15 is 0 Å². The highest BCUT2D eigenvalue weighted by molar-refractivity contribution is 5.80. The maximum atomic E-state index is 4.29. The molecule has 2 rings (SSSR count). The summed E-state index contributed by atoms with van der Waals surface area (Å²) < 4.78 is 0. The first-order valence-corrected chi connectivity index (χ1v) is 4.60. The highest BCUT2D eigenvalue weighted by Gasteiger charge is 2.00. The van der Waals surface area contributed by atoms with Gasteiger partial charge in [0.2, 0.25) is 0 Å². The van der Waals surface area contributed by atoms with Crippen LogP contribution in [0.1, 0.15) is 19.0 Å². The van der Waals surface area contributed by atoms with Gasteiger partial charge in [0.1, 0.15) is 6.33 Å². The minimum Gasteiger partial charge on any atom is -0.241 e. The molecule has 0 spiro atoms. The number of nitrogens with zero attached hydrogens (tertiary/aromatic N) is 2. The Bertz CT molecular complexity index is 404. The molecule has 66 valence electrons. The molecule has 0 aliphatic rings. The Morgan fingerprint density at radius 1 is 1.15 bits per heavy atom. The van der Waals surface area contributed by atoms with E-state index in [0.29, 0.717) is 0 Å². The van der Waals surface area contributed by atoms with Crippen LogP contribution in [-0.2, 0) is 6.42 Å². The van der Waals surface area contributed by atoms with Crippen LogP contribution in [0.3, 0.4) is 0 Å². The van der Waals surface area contributed by atoms with E-state index in [1.54, 1.807) is 6.33 Å². The van der Waals surface area contributed by atoms with Gasteiger partial charge < -0.3 is 0 Å². The molecule has 1 heterocycles. The van der Waals surface area contributed by atoms with Crippen LogP contribution in [0.4, 0.5) is 0 Å². The van der Waals surface area contributed by atoms with Crippen molar-refractivity contribution in [3.8, 4) is 0 Å². The first kappa shape index (κ1) is 8.17. The van der Waals surface area contributed by atoms with Gasteiger partial charge in [0.15, 0.2) is 0 Å². The molecule has 13 heavy (non-hydrogen) atoms. The smallest absolute Gasteiger partial charge is 0.116 e. The molecular formula is C11H12N2. The average molecular weight is 172 g/mol. The highest BCUT2D eigenvalue weighted by atomic mass is 14.8. The number of rotatable bonds is 2. The van der Waals surface area contributed by atoms with Gasteiger partial charge in [-0.3, -0.25) is 0 Å². The fourth-order valence-electron chi connectivity index (χ4n) is 1.50. The topological polar surface area (TPSA) is 25.8 Å². The molecule has 0 unspecified atom stereocenters. The summed E-state index contributed by atoms with van der Waals surface area (Å²) in [4.78, 5) is 8.50. The van der Waals surface area contributed by atoms with Crippen LogP contribution in [0.5, 0.6) is 0 Å². The number of aryl methyl sites for hydroxylation is 1. The van der Waals surface area contributed by atoms with E-state index in [0.717, 1.165) is 24.1 Å². The van der Waals surface area contributed by atoms with Crippen LogP contribution in [-0.4, -0.2) is 9.97 Å². The van der Waals surface area contributed by atoms with Crippen LogP contribution in [0.25, 0.3) is 10.9 Å². The number of aromatic nitrogens is 2. The van der Waals surface area contributed by atoms with Gasteiger partial charge in [-0.15, -0.1) is 0 Å². The quantitative estimate of drug-likeness (QED) is 0.695. The molecule has 0 fully saturated rings. The fraction of sp³-hybridized carbons (Fsp3) is 0.273.